The highest BCUT2D eigenvalue weighted by molar-refractivity contribution is 5.36. The van der Waals surface area contributed by atoms with E-state index in [4.69, 9.17) is 5.73 Å². The molecule has 1 aliphatic carbocycles. The number of aromatic nitrogens is 2. The fraction of sp³-hybridized carbons (Fsp3) is 0.500. The van der Waals surface area contributed by atoms with E-state index in [0.29, 0.717) is 17.7 Å². The molecule has 0 aromatic carbocycles. The smallest absolute Gasteiger partial charge is 0.222 e. The maximum atomic E-state index is 5.45. The van der Waals surface area contributed by atoms with Crippen molar-refractivity contribution in [3.63, 3.8) is 0 Å². The van der Waals surface area contributed by atoms with Crippen LogP contribution >= 0.6 is 0 Å². The average molecular weight is 164 g/mol. The van der Waals surface area contributed by atoms with Gasteiger partial charge in [0, 0.05) is 6.04 Å². The summed E-state index contributed by atoms with van der Waals surface area (Å²) in [5, 5.41) is 3.23. The van der Waals surface area contributed by atoms with Gasteiger partial charge in [0.1, 0.15) is 0 Å². The van der Waals surface area contributed by atoms with Gasteiger partial charge in [-0.05, 0) is 19.3 Å². The summed E-state index contributed by atoms with van der Waals surface area (Å²) in [5.74, 6) is 0.689. The van der Waals surface area contributed by atoms with Crippen molar-refractivity contribution >= 4 is 11.6 Å². The van der Waals surface area contributed by atoms with Crippen molar-refractivity contribution < 1.29 is 0 Å². The Balaban J connectivity index is 1.98. The minimum Gasteiger partial charge on any atom is -0.396 e. The number of nitrogens with one attached hydrogen (secondary N) is 1. The monoisotopic (exact) mass is 164 g/mol. The normalized spacial score (nSPS) is 17.0. The molecule has 1 aromatic rings. The van der Waals surface area contributed by atoms with Crippen molar-refractivity contribution in [2.75, 3.05) is 11.1 Å². The summed E-state index contributed by atoms with van der Waals surface area (Å²) in [7, 11) is 0. The van der Waals surface area contributed by atoms with Crippen molar-refractivity contribution in [3.05, 3.63) is 12.4 Å². The molecular formula is C8H12N4. The SMILES string of the molecule is Nc1cnc(NC2CCC2)nc1. The van der Waals surface area contributed by atoms with Crippen LogP contribution in [0.3, 0.4) is 0 Å². The van der Waals surface area contributed by atoms with Crippen molar-refractivity contribution in [3.8, 4) is 0 Å². The van der Waals surface area contributed by atoms with Crippen LogP contribution in [0.5, 0.6) is 0 Å². The quantitative estimate of drug-likeness (QED) is 0.685. The minimum absolute atomic E-state index is 0.577. The van der Waals surface area contributed by atoms with Gasteiger partial charge < -0.3 is 11.1 Å². The van der Waals surface area contributed by atoms with Gasteiger partial charge in [-0.25, -0.2) is 9.97 Å². The molecule has 4 nitrogen and oxygen atoms in total. The summed E-state index contributed by atoms with van der Waals surface area (Å²) >= 11 is 0. The highest BCUT2D eigenvalue weighted by Crippen LogP contribution is 2.21. The van der Waals surface area contributed by atoms with Gasteiger partial charge in [0.15, 0.2) is 0 Å². The van der Waals surface area contributed by atoms with Crippen molar-refractivity contribution in [1.82, 2.24) is 9.97 Å². The lowest BCUT2D eigenvalue weighted by Crippen LogP contribution is -2.27. The Morgan fingerprint density at radius 1 is 1.33 bits per heavy atom. The molecule has 64 valence electrons. The fourth-order valence-corrected chi connectivity index (χ4v) is 1.15. The lowest BCUT2D eigenvalue weighted by molar-refractivity contribution is 0.443. The van der Waals surface area contributed by atoms with Crippen LogP contribution in [-0.2, 0) is 0 Å². The molecule has 0 atom stereocenters. The van der Waals surface area contributed by atoms with Crippen LogP contribution in [0.25, 0.3) is 0 Å². The van der Waals surface area contributed by atoms with E-state index in [1.165, 1.54) is 19.3 Å². The maximum Gasteiger partial charge on any atom is 0.222 e. The summed E-state index contributed by atoms with van der Waals surface area (Å²) in [6, 6.07) is 0.577. The number of nitrogens with zero attached hydrogens (tertiary/aromatic N) is 2. The summed E-state index contributed by atoms with van der Waals surface area (Å²) in [6.45, 7) is 0. The maximum absolute atomic E-state index is 5.45. The van der Waals surface area contributed by atoms with Gasteiger partial charge in [-0.3, -0.25) is 0 Å². The number of rotatable bonds is 2. The van der Waals surface area contributed by atoms with E-state index in [-0.39, 0.29) is 0 Å². The molecule has 1 saturated carbocycles. The average Bonchev–Trinajstić information content (AvgIpc) is 2.00. The van der Waals surface area contributed by atoms with E-state index in [1.54, 1.807) is 12.4 Å². The summed E-state index contributed by atoms with van der Waals surface area (Å²) in [5.41, 5.74) is 6.06. The lowest BCUT2D eigenvalue weighted by Gasteiger charge is -2.26. The summed E-state index contributed by atoms with van der Waals surface area (Å²) in [4.78, 5) is 8.11. The number of hydrogen-bond acceptors (Lipinski definition) is 4. The Hall–Kier alpha value is -1.32. The van der Waals surface area contributed by atoms with Gasteiger partial charge in [-0.1, -0.05) is 0 Å². The van der Waals surface area contributed by atoms with Crippen LogP contribution in [-0.4, -0.2) is 16.0 Å². The Labute approximate surface area is 71.2 Å². The van der Waals surface area contributed by atoms with Gasteiger partial charge in [-0.15, -0.1) is 0 Å². The molecule has 2 rings (SSSR count). The van der Waals surface area contributed by atoms with Crippen LogP contribution in [0.1, 0.15) is 19.3 Å². The van der Waals surface area contributed by atoms with Gasteiger partial charge in [-0.2, -0.15) is 0 Å². The molecule has 1 heterocycles. The molecular weight excluding hydrogens is 152 g/mol. The molecule has 3 N–H and O–H groups in total. The van der Waals surface area contributed by atoms with Crippen molar-refractivity contribution in [1.29, 1.82) is 0 Å². The first-order valence-electron chi connectivity index (χ1n) is 4.18. The summed E-state index contributed by atoms with van der Waals surface area (Å²) < 4.78 is 0. The van der Waals surface area contributed by atoms with Gasteiger partial charge >= 0.3 is 0 Å². The molecule has 4 heteroatoms. The zero-order valence-electron chi connectivity index (χ0n) is 6.83. The molecule has 0 spiro atoms. The van der Waals surface area contributed by atoms with Crippen LogP contribution in [0, 0.1) is 0 Å². The van der Waals surface area contributed by atoms with E-state index in [0.717, 1.165) is 0 Å². The third-order valence-corrected chi connectivity index (χ3v) is 2.11. The molecule has 0 saturated heterocycles. The highest BCUT2D eigenvalue weighted by atomic mass is 15.1. The Bertz CT molecular complexity index is 252. The third kappa shape index (κ3) is 1.47. The summed E-state index contributed by atoms with van der Waals surface area (Å²) in [6.07, 6.45) is 7.01. The van der Waals surface area contributed by atoms with Crippen LogP contribution in [0.15, 0.2) is 12.4 Å². The first-order chi connectivity index (χ1) is 5.84. The fourth-order valence-electron chi connectivity index (χ4n) is 1.15. The Kier molecular flexibility index (Phi) is 1.81. The first-order valence-corrected chi connectivity index (χ1v) is 4.18. The van der Waals surface area contributed by atoms with E-state index in [9.17, 15) is 0 Å². The van der Waals surface area contributed by atoms with E-state index >= 15 is 0 Å². The largest absolute Gasteiger partial charge is 0.396 e. The Morgan fingerprint density at radius 3 is 2.50 bits per heavy atom. The molecule has 0 radical (unpaired) electrons. The topological polar surface area (TPSA) is 63.8 Å². The number of anilines is 2. The number of nitrogens with two attached hydrogens (primary N) is 1. The van der Waals surface area contributed by atoms with Gasteiger partial charge in [0.25, 0.3) is 0 Å². The lowest BCUT2D eigenvalue weighted by atomic mass is 9.93. The van der Waals surface area contributed by atoms with E-state index < -0.39 is 0 Å². The van der Waals surface area contributed by atoms with Gasteiger partial charge in [0.2, 0.25) is 5.95 Å². The molecule has 0 bridgehead atoms. The van der Waals surface area contributed by atoms with Crippen LogP contribution in [0.4, 0.5) is 11.6 Å². The second-order valence-electron chi connectivity index (χ2n) is 3.11. The number of nitrogen functional groups attached to an aromatic ring is 1. The molecule has 12 heavy (non-hydrogen) atoms. The highest BCUT2D eigenvalue weighted by Gasteiger charge is 2.17. The molecule has 0 aliphatic heterocycles. The van der Waals surface area contributed by atoms with Crippen molar-refractivity contribution in [2.45, 2.75) is 25.3 Å². The van der Waals surface area contributed by atoms with Gasteiger partial charge in [0.05, 0.1) is 18.1 Å². The molecule has 0 amide bonds. The molecule has 1 fully saturated rings. The second kappa shape index (κ2) is 2.97. The zero-order chi connectivity index (χ0) is 8.39. The second-order valence-corrected chi connectivity index (χ2v) is 3.11. The van der Waals surface area contributed by atoms with E-state index in [2.05, 4.69) is 15.3 Å². The molecule has 0 unspecified atom stereocenters. The zero-order valence-corrected chi connectivity index (χ0v) is 6.83. The van der Waals surface area contributed by atoms with Crippen LogP contribution < -0.4 is 11.1 Å². The molecule has 1 aromatic heterocycles. The first kappa shape index (κ1) is 7.34. The molecule has 1 aliphatic rings. The van der Waals surface area contributed by atoms with Crippen LogP contribution in [0.2, 0.25) is 0 Å². The standard InChI is InChI=1S/C8H12N4/c9-6-4-10-8(11-5-6)12-7-2-1-3-7/h4-5,7H,1-3,9H2,(H,10,11,12). The number of hydrogen-bond donors (Lipinski definition) is 2. The Morgan fingerprint density at radius 2 is 2.00 bits per heavy atom. The third-order valence-electron chi connectivity index (χ3n) is 2.11. The predicted octanol–water partition coefficient (Wildman–Crippen LogP) is 1.02. The van der Waals surface area contributed by atoms with Crippen molar-refractivity contribution in [2.24, 2.45) is 0 Å². The minimum atomic E-state index is 0.577. The predicted molar refractivity (Wildman–Crippen MR) is 47.7 cm³/mol. The van der Waals surface area contributed by atoms with E-state index in [1.807, 2.05) is 0 Å².